The first-order valence-corrected chi connectivity index (χ1v) is 10.7. The molecular weight excluding hydrogens is 388 g/mol. The maximum absolute atomic E-state index is 11.5. The minimum absolute atomic E-state index is 0.203. The second kappa shape index (κ2) is 9.65. The predicted octanol–water partition coefficient (Wildman–Crippen LogP) is 4.48. The smallest absolute Gasteiger partial charge is 0.373 e. The van der Waals surface area contributed by atoms with E-state index in [1.807, 2.05) is 0 Å². The van der Waals surface area contributed by atoms with Crippen LogP contribution in [0.2, 0.25) is 0 Å². The van der Waals surface area contributed by atoms with Crippen molar-refractivity contribution in [2.24, 2.45) is 0 Å². The molecule has 0 amide bonds. The number of hydrogen-bond donors (Lipinski definition) is 0. The van der Waals surface area contributed by atoms with Crippen molar-refractivity contribution in [1.82, 2.24) is 14.8 Å². The average Bonchev–Trinajstić information content (AvgIpc) is 3.40. The molecule has 154 valence electrons. The third kappa shape index (κ3) is 4.64. The SMILES string of the molecule is CCN(CC)c1ccc(-c2nnc(SCc3ccc(C(=O)OC)o3)n2CC)cc1. The number of hydrogen-bond acceptors (Lipinski definition) is 7. The molecule has 0 bridgehead atoms. The largest absolute Gasteiger partial charge is 0.463 e. The van der Waals surface area contributed by atoms with Gasteiger partial charge in [-0.05, 0) is 57.2 Å². The molecule has 0 fully saturated rings. The lowest BCUT2D eigenvalue weighted by atomic mass is 10.2. The molecule has 0 unspecified atom stereocenters. The first-order valence-electron chi connectivity index (χ1n) is 9.69. The van der Waals surface area contributed by atoms with Gasteiger partial charge >= 0.3 is 5.97 Å². The van der Waals surface area contributed by atoms with Crippen LogP contribution in [0.15, 0.2) is 46.0 Å². The summed E-state index contributed by atoms with van der Waals surface area (Å²) in [6.07, 6.45) is 0. The molecule has 3 rings (SSSR count). The van der Waals surface area contributed by atoms with Gasteiger partial charge in [0.15, 0.2) is 11.0 Å². The molecule has 0 aliphatic heterocycles. The number of thioether (sulfide) groups is 1. The van der Waals surface area contributed by atoms with E-state index in [1.165, 1.54) is 24.6 Å². The molecule has 3 aromatic rings. The molecule has 0 aliphatic rings. The second-order valence-electron chi connectivity index (χ2n) is 6.32. The third-order valence-electron chi connectivity index (χ3n) is 4.68. The van der Waals surface area contributed by atoms with Gasteiger partial charge in [-0.25, -0.2) is 4.79 Å². The van der Waals surface area contributed by atoms with Crippen LogP contribution in [-0.2, 0) is 17.0 Å². The molecule has 8 heteroatoms. The van der Waals surface area contributed by atoms with Gasteiger partial charge in [0.1, 0.15) is 5.76 Å². The standard InChI is InChI=1S/C21H26N4O3S/c1-5-24(6-2)16-10-8-15(9-11-16)19-22-23-21(25(19)7-3)29-14-17-12-13-18(28-17)20(26)27-4/h8-13H,5-7,14H2,1-4H3. The molecule has 0 radical (unpaired) electrons. The van der Waals surface area contributed by atoms with Gasteiger partial charge in [0.25, 0.3) is 0 Å². The number of carbonyl (C=O) groups is 1. The summed E-state index contributed by atoms with van der Waals surface area (Å²) < 4.78 is 12.3. The van der Waals surface area contributed by atoms with Crippen LogP contribution in [0.5, 0.6) is 0 Å². The highest BCUT2D eigenvalue weighted by molar-refractivity contribution is 7.98. The number of carbonyl (C=O) groups excluding carboxylic acids is 1. The Kier molecular flexibility index (Phi) is 6.98. The van der Waals surface area contributed by atoms with Gasteiger partial charge < -0.3 is 18.6 Å². The van der Waals surface area contributed by atoms with Crippen molar-refractivity contribution in [2.75, 3.05) is 25.1 Å². The number of anilines is 1. The fraction of sp³-hybridized carbons (Fsp3) is 0.381. The van der Waals surface area contributed by atoms with E-state index in [-0.39, 0.29) is 5.76 Å². The molecule has 2 aromatic heterocycles. The Morgan fingerprint density at radius 3 is 2.45 bits per heavy atom. The summed E-state index contributed by atoms with van der Waals surface area (Å²) in [5.41, 5.74) is 2.24. The summed E-state index contributed by atoms with van der Waals surface area (Å²) in [6.45, 7) is 9.10. The number of nitrogens with zero attached hydrogens (tertiary/aromatic N) is 4. The van der Waals surface area contributed by atoms with Crippen LogP contribution >= 0.6 is 11.8 Å². The van der Waals surface area contributed by atoms with E-state index in [0.717, 1.165) is 36.2 Å². The van der Waals surface area contributed by atoms with E-state index in [2.05, 4.69) is 69.4 Å². The molecule has 29 heavy (non-hydrogen) atoms. The van der Waals surface area contributed by atoms with Crippen molar-refractivity contribution >= 4 is 23.4 Å². The number of rotatable bonds is 9. The Labute approximate surface area is 175 Å². The minimum Gasteiger partial charge on any atom is -0.463 e. The molecule has 0 atom stereocenters. The van der Waals surface area contributed by atoms with Crippen LogP contribution in [0.3, 0.4) is 0 Å². The van der Waals surface area contributed by atoms with Crippen LogP contribution in [0.4, 0.5) is 5.69 Å². The maximum Gasteiger partial charge on any atom is 0.373 e. The average molecular weight is 415 g/mol. The highest BCUT2D eigenvalue weighted by Crippen LogP contribution is 2.28. The van der Waals surface area contributed by atoms with E-state index < -0.39 is 5.97 Å². The fourth-order valence-electron chi connectivity index (χ4n) is 3.11. The van der Waals surface area contributed by atoms with Gasteiger partial charge in [-0.3, -0.25) is 0 Å². The monoisotopic (exact) mass is 414 g/mol. The first-order chi connectivity index (χ1) is 14.1. The lowest BCUT2D eigenvalue weighted by Gasteiger charge is -2.21. The van der Waals surface area contributed by atoms with Gasteiger partial charge in [-0.2, -0.15) is 0 Å². The Hall–Kier alpha value is -2.74. The van der Waals surface area contributed by atoms with Crippen LogP contribution in [0.1, 0.15) is 37.1 Å². The van der Waals surface area contributed by atoms with Gasteiger partial charge in [0.05, 0.1) is 12.9 Å². The van der Waals surface area contributed by atoms with Crippen molar-refractivity contribution in [1.29, 1.82) is 0 Å². The van der Waals surface area contributed by atoms with E-state index in [0.29, 0.717) is 11.5 Å². The van der Waals surface area contributed by atoms with E-state index in [1.54, 1.807) is 12.1 Å². The highest BCUT2D eigenvalue weighted by atomic mass is 32.2. The Bertz CT molecular complexity index is 945. The zero-order valence-electron chi connectivity index (χ0n) is 17.2. The molecule has 2 heterocycles. The van der Waals surface area contributed by atoms with E-state index in [4.69, 9.17) is 4.42 Å². The van der Waals surface area contributed by atoms with Gasteiger partial charge in [0, 0.05) is 30.9 Å². The first kappa shape index (κ1) is 21.0. The molecule has 0 saturated heterocycles. The van der Waals surface area contributed by atoms with E-state index >= 15 is 0 Å². The summed E-state index contributed by atoms with van der Waals surface area (Å²) in [4.78, 5) is 13.8. The van der Waals surface area contributed by atoms with Crippen LogP contribution < -0.4 is 4.90 Å². The molecule has 0 saturated carbocycles. The number of benzene rings is 1. The van der Waals surface area contributed by atoms with Crippen molar-refractivity contribution in [3.05, 3.63) is 47.9 Å². The normalized spacial score (nSPS) is 10.9. The quantitative estimate of drug-likeness (QED) is 0.377. The Balaban J connectivity index is 1.75. The second-order valence-corrected chi connectivity index (χ2v) is 7.26. The molecule has 0 N–H and O–H groups in total. The third-order valence-corrected chi connectivity index (χ3v) is 5.67. The van der Waals surface area contributed by atoms with E-state index in [9.17, 15) is 4.79 Å². The summed E-state index contributed by atoms with van der Waals surface area (Å²) in [5.74, 6) is 1.81. The number of ether oxygens (including phenoxy) is 1. The van der Waals surface area contributed by atoms with Crippen LogP contribution in [0.25, 0.3) is 11.4 Å². The molecule has 1 aromatic carbocycles. The number of methoxy groups -OCH3 is 1. The maximum atomic E-state index is 11.5. The molecule has 7 nitrogen and oxygen atoms in total. The van der Waals surface area contributed by atoms with Gasteiger partial charge in [-0.1, -0.05) is 11.8 Å². The lowest BCUT2D eigenvalue weighted by molar-refractivity contribution is 0.0563. The summed E-state index contributed by atoms with van der Waals surface area (Å²) >= 11 is 1.52. The fourth-order valence-corrected chi connectivity index (χ4v) is 4.00. The molecular formula is C21H26N4O3S. The predicted molar refractivity (Wildman–Crippen MR) is 114 cm³/mol. The topological polar surface area (TPSA) is 73.4 Å². The lowest BCUT2D eigenvalue weighted by Crippen LogP contribution is -2.21. The summed E-state index contributed by atoms with van der Waals surface area (Å²) in [5, 5.41) is 9.57. The molecule has 0 spiro atoms. The minimum atomic E-state index is -0.478. The number of aromatic nitrogens is 3. The Morgan fingerprint density at radius 1 is 1.10 bits per heavy atom. The van der Waals surface area contributed by atoms with Crippen LogP contribution in [0, 0.1) is 0 Å². The number of esters is 1. The summed E-state index contributed by atoms with van der Waals surface area (Å²) in [7, 11) is 1.33. The van der Waals surface area contributed by atoms with Crippen LogP contribution in [-0.4, -0.2) is 40.9 Å². The van der Waals surface area contributed by atoms with Gasteiger partial charge in [0.2, 0.25) is 5.76 Å². The number of furan rings is 1. The van der Waals surface area contributed by atoms with Crippen molar-refractivity contribution < 1.29 is 13.9 Å². The highest BCUT2D eigenvalue weighted by Gasteiger charge is 2.16. The van der Waals surface area contributed by atoms with Crippen molar-refractivity contribution in [2.45, 2.75) is 38.2 Å². The summed E-state index contributed by atoms with van der Waals surface area (Å²) in [6, 6.07) is 11.8. The van der Waals surface area contributed by atoms with Crippen molar-refractivity contribution in [3.8, 4) is 11.4 Å². The van der Waals surface area contributed by atoms with Crippen molar-refractivity contribution in [3.63, 3.8) is 0 Å². The van der Waals surface area contributed by atoms with Gasteiger partial charge in [-0.15, -0.1) is 10.2 Å². The molecule has 0 aliphatic carbocycles. The zero-order chi connectivity index (χ0) is 20.8. The zero-order valence-corrected chi connectivity index (χ0v) is 18.0. The Morgan fingerprint density at radius 2 is 1.83 bits per heavy atom.